The highest BCUT2D eigenvalue weighted by atomic mass is 32.1. The lowest BCUT2D eigenvalue weighted by molar-refractivity contribution is 0.408. The molecule has 90 valence electrons. The number of rotatable bonds is 1. The molecule has 0 atom stereocenters. The number of aromatic nitrogens is 2. The smallest absolute Gasteiger partial charge is 0.168 e. The van der Waals surface area contributed by atoms with Crippen LogP contribution in [0.4, 0.5) is 5.69 Å². The lowest BCUT2D eigenvalue weighted by Crippen LogP contribution is -2.20. The van der Waals surface area contributed by atoms with Gasteiger partial charge in [-0.25, -0.2) is 4.98 Å². The van der Waals surface area contributed by atoms with E-state index in [1.165, 1.54) is 0 Å². The Kier molecular flexibility index (Phi) is 2.79. The zero-order valence-electron chi connectivity index (χ0n) is 10.2. The Bertz CT molecular complexity index is 565. The normalized spacial score (nSPS) is 11.7. The summed E-state index contributed by atoms with van der Waals surface area (Å²) in [5.41, 5.74) is 8.36. The number of imidazole rings is 1. The van der Waals surface area contributed by atoms with E-state index in [4.69, 9.17) is 18.0 Å². The molecule has 0 saturated heterocycles. The van der Waals surface area contributed by atoms with E-state index in [1.807, 2.05) is 24.5 Å². The topological polar surface area (TPSA) is 55.9 Å². The number of benzene rings is 1. The molecule has 1 aromatic carbocycles. The summed E-state index contributed by atoms with van der Waals surface area (Å²) in [5.74, 6) is 0. The molecule has 0 amide bonds. The second kappa shape index (κ2) is 4.00. The highest BCUT2D eigenvalue weighted by Gasteiger charge is 2.15. The summed E-state index contributed by atoms with van der Waals surface area (Å²) in [5, 5.41) is 3.17. The Labute approximate surface area is 106 Å². The van der Waals surface area contributed by atoms with Crippen LogP contribution < -0.4 is 11.1 Å². The van der Waals surface area contributed by atoms with Crippen molar-refractivity contribution >= 4 is 34.1 Å². The monoisotopic (exact) mass is 248 g/mol. The van der Waals surface area contributed by atoms with Gasteiger partial charge in [-0.15, -0.1) is 0 Å². The van der Waals surface area contributed by atoms with Crippen LogP contribution in [0.2, 0.25) is 0 Å². The van der Waals surface area contributed by atoms with Crippen molar-refractivity contribution in [3.63, 3.8) is 0 Å². The van der Waals surface area contributed by atoms with Gasteiger partial charge in [0.05, 0.1) is 17.4 Å². The van der Waals surface area contributed by atoms with Gasteiger partial charge in [-0.3, -0.25) is 0 Å². The molecule has 17 heavy (non-hydrogen) atoms. The molecule has 4 nitrogen and oxygen atoms in total. The number of thiocarbonyl (C=S) groups is 1. The van der Waals surface area contributed by atoms with E-state index in [0.717, 1.165) is 16.7 Å². The first kappa shape index (κ1) is 11.9. The van der Waals surface area contributed by atoms with Crippen LogP contribution in [-0.4, -0.2) is 14.7 Å². The zero-order valence-corrected chi connectivity index (χ0v) is 11.0. The minimum absolute atomic E-state index is 0.0207. The lowest BCUT2D eigenvalue weighted by atomic mass is 10.1. The van der Waals surface area contributed by atoms with E-state index in [0.29, 0.717) is 0 Å². The number of anilines is 1. The molecule has 0 bridgehead atoms. The minimum Gasteiger partial charge on any atom is -0.376 e. The summed E-state index contributed by atoms with van der Waals surface area (Å²) in [6.07, 6.45) is 1.86. The first-order valence-electron chi connectivity index (χ1n) is 5.42. The average molecular weight is 248 g/mol. The molecular weight excluding hydrogens is 232 g/mol. The summed E-state index contributed by atoms with van der Waals surface area (Å²) in [6, 6.07) is 5.91. The average Bonchev–Trinajstić information content (AvgIpc) is 2.58. The van der Waals surface area contributed by atoms with Crippen molar-refractivity contribution in [2.45, 2.75) is 26.3 Å². The lowest BCUT2D eigenvalue weighted by Gasteiger charge is -2.21. The van der Waals surface area contributed by atoms with Gasteiger partial charge in [0, 0.05) is 11.2 Å². The molecular formula is C12H16N4S. The molecule has 2 aromatic rings. The second-order valence-corrected chi connectivity index (χ2v) is 5.42. The first-order valence-corrected chi connectivity index (χ1v) is 5.83. The van der Waals surface area contributed by atoms with Gasteiger partial charge in [0.2, 0.25) is 0 Å². The SMILES string of the molecule is CC(C)(C)n1cnc2cc(NC(N)=S)ccc21. The zero-order chi connectivity index (χ0) is 12.6. The van der Waals surface area contributed by atoms with Crippen LogP contribution in [0, 0.1) is 0 Å². The molecule has 2 rings (SSSR count). The van der Waals surface area contributed by atoms with Crippen LogP contribution in [0.3, 0.4) is 0 Å². The number of hydrogen-bond donors (Lipinski definition) is 2. The van der Waals surface area contributed by atoms with Crippen molar-refractivity contribution in [1.29, 1.82) is 0 Å². The fraction of sp³-hybridized carbons (Fsp3) is 0.333. The molecule has 3 N–H and O–H groups in total. The van der Waals surface area contributed by atoms with Crippen molar-refractivity contribution in [2.24, 2.45) is 5.73 Å². The predicted octanol–water partition coefficient (Wildman–Crippen LogP) is 2.45. The van der Waals surface area contributed by atoms with Gasteiger partial charge in [0.1, 0.15) is 0 Å². The van der Waals surface area contributed by atoms with E-state index in [-0.39, 0.29) is 10.7 Å². The number of nitrogens with two attached hydrogens (primary N) is 1. The number of hydrogen-bond acceptors (Lipinski definition) is 2. The van der Waals surface area contributed by atoms with Gasteiger partial charge in [-0.1, -0.05) is 0 Å². The third-order valence-corrected chi connectivity index (χ3v) is 2.64. The molecule has 0 aliphatic carbocycles. The van der Waals surface area contributed by atoms with Crippen LogP contribution in [0.5, 0.6) is 0 Å². The molecule has 1 aromatic heterocycles. The number of nitrogens with one attached hydrogen (secondary N) is 1. The minimum atomic E-state index is 0.0207. The van der Waals surface area contributed by atoms with Crippen LogP contribution in [0.15, 0.2) is 24.5 Å². The summed E-state index contributed by atoms with van der Waals surface area (Å²) in [6.45, 7) is 6.44. The van der Waals surface area contributed by atoms with Crippen molar-refractivity contribution in [3.05, 3.63) is 24.5 Å². The maximum absolute atomic E-state index is 5.44. The molecule has 0 aliphatic heterocycles. The molecule has 0 unspecified atom stereocenters. The third kappa shape index (κ3) is 2.39. The quantitative estimate of drug-likeness (QED) is 0.761. The van der Waals surface area contributed by atoms with Crippen LogP contribution >= 0.6 is 12.2 Å². The van der Waals surface area contributed by atoms with Gasteiger partial charge in [0.25, 0.3) is 0 Å². The number of nitrogens with zero attached hydrogens (tertiary/aromatic N) is 2. The summed E-state index contributed by atoms with van der Waals surface area (Å²) >= 11 is 4.81. The van der Waals surface area contributed by atoms with Gasteiger partial charge in [-0.05, 0) is 51.2 Å². The molecule has 0 saturated carbocycles. The second-order valence-electron chi connectivity index (χ2n) is 4.98. The molecule has 1 heterocycles. The van der Waals surface area contributed by atoms with Crippen molar-refractivity contribution in [3.8, 4) is 0 Å². The standard InChI is InChI=1S/C12H16N4S/c1-12(2,3)16-7-14-9-6-8(15-11(13)17)4-5-10(9)16/h4-7H,1-3H3,(H3,13,15,17). The molecule has 5 heteroatoms. The first-order chi connectivity index (χ1) is 7.88. The molecule has 0 spiro atoms. The summed E-state index contributed by atoms with van der Waals surface area (Å²) in [4.78, 5) is 4.39. The molecule has 0 aliphatic rings. The predicted molar refractivity (Wildman–Crippen MR) is 75.1 cm³/mol. The molecule has 0 radical (unpaired) electrons. The number of fused-ring (bicyclic) bond motifs is 1. The highest BCUT2D eigenvalue weighted by molar-refractivity contribution is 7.80. The Balaban J connectivity index is 2.48. The van der Waals surface area contributed by atoms with E-state index in [9.17, 15) is 0 Å². The van der Waals surface area contributed by atoms with Crippen LogP contribution in [-0.2, 0) is 5.54 Å². The third-order valence-electron chi connectivity index (χ3n) is 2.54. The largest absolute Gasteiger partial charge is 0.376 e. The van der Waals surface area contributed by atoms with Gasteiger partial charge in [-0.2, -0.15) is 0 Å². The Morgan fingerprint density at radius 2 is 2.12 bits per heavy atom. The van der Waals surface area contributed by atoms with E-state index in [1.54, 1.807) is 0 Å². The summed E-state index contributed by atoms with van der Waals surface area (Å²) in [7, 11) is 0. The van der Waals surface area contributed by atoms with Crippen molar-refractivity contribution in [1.82, 2.24) is 9.55 Å². The molecule has 0 fully saturated rings. The highest BCUT2D eigenvalue weighted by Crippen LogP contribution is 2.24. The Hall–Kier alpha value is -1.62. The maximum atomic E-state index is 5.44. The van der Waals surface area contributed by atoms with Gasteiger partial charge in [0.15, 0.2) is 5.11 Å². The Morgan fingerprint density at radius 1 is 1.41 bits per heavy atom. The fourth-order valence-corrected chi connectivity index (χ4v) is 1.89. The van der Waals surface area contributed by atoms with Crippen LogP contribution in [0.25, 0.3) is 11.0 Å². The summed E-state index contributed by atoms with van der Waals surface area (Å²) < 4.78 is 2.15. The maximum Gasteiger partial charge on any atom is 0.168 e. The van der Waals surface area contributed by atoms with E-state index >= 15 is 0 Å². The van der Waals surface area contributed by atoms with Gasteiger partial charge >= 0.3 is 0 Å². The van der Waals surface area contributed by atoms with Gasteiger partial charge < -0.3 is 15.6 Å². The van der Waals surface area contributed by atoms with Crippen molar-refractivity contribution in [2.75, 3.05) is 5.32 Å². The van der Waals surface area contributed by atoms with E-state index < -0.39 is 0 Å². The Morgan fingerprint density at radius 3 is 2.71 bits per heavy atom. The van der Waals surface area contributed by atoms with Crippen molar-refractivity contribution < 1.29 is 0 Å². The fourth-order valence-electron chi connectivity index (χ4n) is 1.77. The van der Waals surface area contributed by atoms with E-state index in [2.05, 4.69) is 35.6 Å². The van der Waals surface area contributed by atoms with Crippen LogP contribution in [0.1, 0.15) is 20.8 Å².